The lowest BCUT2D eigenvalue weighted by Crippen LogP contribution is -2.19. The highest BCUT2D eigenvalue weighted by atomic mass is 127. The molecular weight excluding hydrogens is 383 g/mol. The van der Waals surface area contributed by atoms with Crippen molar-refractivity contribution < 1.29 is 8.78 Å². The van der Waals surface area contributed by atoms with Gasteiger partial charge < -0.3 is 5.32 Å². The van der Waals surface area contributed by atoms with E-state index in [4.69, 9.17) is 11.6 Å². The molecule has 0 spiro atoms. The van der Waals surface area contributed by atoms with E-state index in [9.17, 15) is 8.78 Å². The summed E-state index contributed by atoms with van der Waals surface area (Å²) >= 11 is 8.17. The summed E-state index contributed by atoms with van der Waals surface area (Å²) in [5.41, 5.74) is 1.49. The fourth-order valence-corrected chi connectivity index (χ4v) is 2.97. The van der Waals surface area contributed by atoms with Crippen LogP contribution in [0.25, 0.3) is 0 Å². The zero-order chi connectivity index (χ0) is 14.0. The predicted octanol–water partition coefficient (Wildman–Crippen LogP) is 4.53. The Balaban J connectivity index is 2.52. The fourth-order valence-electron chi connectivity index (χ4n) is 1.95. The minimum absolute atomic E-state index is 0.282. The van der Waals surface area contributed by atoms with E-state index in [1.54, 1.807) is 13.1 Å². The van der Waals surface area contributed by atoms with Crippen LogP contribution in [0.3, 0.4) is 0 Å². The molecule has 0 amide bonds. The third-order valence-electron chi connectivity index (χ3n) is 2.83. The summed E-state index contributed by atoms with van der Waals surface area (Å²) in [5, 5.41) is 3.56. The second-order valence-electron chi connectivity index (χ2n) is 4.05. The van der Waals surface area contributed by atoms with Gasteiger partial charge in [0.05, 0.1) is 6.04 Å². The minimum Gasteiger partial charge on any atom is -0.309 e. The van der Waals surface area contributed by atoms with Crippen LogP contribution in [0, 0.1) is 15.2 Å². The molecule has 0 heterocycles. The molecule has 1 unspecified atom stereocenters. The van der Waals surface area contributed by atoms with Crippen LogP contribution < -0.4 is 5.32 Å². The first-order valence-electron chi connectivity index (χ1n) is 5.60. The molecule has 0 fully saturated rings. The number of rotatable bonds is 3. The van der Waals surface area contributed by atoms with Gasteiger partial charge in [-0.25, -0.2) is 8.78 Å². The standard InChI is InChI=1S/C14H11ClF2IN/c1-19-14(10-4-2-9(17)7-13(10)18)11-6-8(16)3-5-12(11)15/h2-7,14,19H,1H3. The highest BCUT2D eigenvalue weighted by molar-refractivity contribution is 14.1. The zero-order valence-electron chi connectivity index (χ0n) is 10.1. The second kappa shape index (κ2) is 6.15. The van der Waals surface area contributed by atoms with Crippen molar-refractivity contribution in [2.75, 3.05) is 7.05 Å². The van der Waals surface area contributed by atoms with E-state index < -0.39 is 0 Å². The summed E-state index contributed by atoms with van der Waals surface area (Å²) in [6.07, 6.45) is 0. The molecule has 1 atom stereocenters. The first-order valence-corrected chi connectivity index (χ1v) is 7.05. The van der Waals surface area contributed by atoms with Crippen LogP contribution in [0.4, 0.5) is 8.78 Å². The highest BCUT2D eigenvalue weighted by Crippen LogP contribution is 2.31. The summed E-state index contributed by atoms with van der Waals surface area (Å²) in [7, 11) is 1.76. The Kier molecular flexibility index (Phi) is 4.76. The number of hydrogen-bond acceptors (Lipinski definition) is 1. The van der Waals surface area contributed by atoms with Crippen LogP contribution in [0.2, 0.25) is 5.02 Å². The van der Waals surface area contributed by atoms with Gasteiger partial charge in [-0.1, -0.05) is 17.7 Å². The Labute approximate surface area is 129 Å². The van der Waals surface area contributed by atoms with Crippen LogP contribution in [0.15, 0.2) is 36.4 Å². The highest BCUT2D eigenvalue weighted by Gasteiger charge is 2.18. The van der Waals surface area contributed by atoms with Gasteiger partial charge >= 0.3 is 0 Å². The van der Waals surface area contributed by atoms with Crippen molar-refractivity contribution in [1.82, 2.24) is 5.32 Å². The fraction of sp³-hybridized carbons (Fsp3) is 0.143. The monoisotopic (exact) mass is 393 g/mol. The van der Waals surface area contributed by atoms with E-state index in [2.05, 4.69) is 27.9 Å². The molecule has 0 saturated carbocycles. The largest absolute Gasteiger partial charge is 0.309 e. The van der Waals surface area contributed by atoms with Gasteiger partial charge in [-0.3, -0.25) is 0 Å². The van der Waals surface area contributed by atoms with Crippen molar-refractivity contribution >= 4 is 34.2 Å². The molecule has 0 aliphatic rings. The van der Waals surface area contributed by atoms with Gasteiger partial charge in [0.1, 0.15) is 11.6 Å². The van der Waals surface area contributed by atoms with Gasteiger partial charge in [-0.15, -0.1) is 0 Å². The van der Waals surface area contributed by atoms with Gasteiger partial charge in [0.15, 0.2) is 0 Å². The second-order valence-corrected chi connectivity index (χ2v) is 5.62. The topological polar surface area (TPSA) is 12.0 Å². The minimum atomic E-state index is -0.350. The van der Waals surface area contributed by atoms with E-state index in [-0.39, 0.29) is 17.7 Å². The van der Waals surface area contributed by atoms with Crippen molar-refractivity contribution in [3.63, 3.8) is 0 Å². The van der Waals surface area contributed by atoms with Gasteiger partial charge in [0, 0.05) is 8.59 Å². The third-order valence-corrected chi connectivity index (χ3v) is 4.11. The Morgan fingerprint density at radius 2 is 1.68 bits per heavy atom. The van der Waals surface area contributed by atoms with Crippen molar-refractivity contribution in [3.05, 3.63) is 67.8 Å². The zero-order valence-corrected chi connectivity index (χ0v) is 13.0. The molecule has 1 N–H and O–H groups in total. The Bertz CT molecular complexity index is 604. The van der Waals surface area contributed by atoms with E-state index in [0.717, 1.165) is 9.13 Å². The molecule has 2 aromatic carbocycles. The maximum absolute atomic E-state index is 13.4. The molecule has 1 nitrogen and oxygen atoms in total. The first-order chi connectivity index (χ1) is 9.02. The lowest BCUT2D eigenvalue weighted by Gasteiger charge is -2.20. The van der Waals surface area contributed by atoms with Crippen LogP contribution in [-0.4, -0.2) is 7.05 Å². The summed E-state index contributed by atoms with van der Waals surface area (Å²) in [5.74, 6) is -0.648. The molecule has 100 valence electrons. The first kappa shape index (κ1) is 14.7. The normalized spacial score (nSPS) is 12.5. The quantitative estimate of drug-likeness (QED) is 0.756. The smallest absolute Gasteiger partial charge is 0.124 e. The third kappa shape index (κ3) is 3.24. The molecule has 0 radical (unpaired) electrons. The molecule has 19 heavy (non-hydrogen) atoms. The lowest BCUT2D eigenvalue weighted by atomic mass is 9.98. The molecule has 0 bridgehead atoms. The van der Waals surface area contributed by atoms with Gasteiger partial charge in [-0.2, -0.15) is 0 Å². The molecule has 5 heteroatoms. The van der Waals surface area contributed by atoms with Crippen LogP contribution >= 0.6 is 34.2 Å². The lowest BCUT2D eigenvalue weighted by molar-refractivity contribution is 0.612. The summed E-state index contributed by atoms with van der Waals surface area (Å²) in [4.78, 5) is 0. The van der Waals surface area contributed by atoms with Crippen molar-refractivity contribution in [1.29, 1.82) is 0 Å². The van der Waals surface area contributed by atoms with Crippen molar-refractivity contribution in [3.8, 4) is 0 Å². The van der Waals surface area contributed by atoms with E-state index in [1.807, 2.05) is 0 Å². The van der Waals surface area contributed by atoms with Crippen molar-refractivity contribution in [2.24, 2.45) is 0 Å². The van der Waals surface area contributed by atoms with E-state index >= 15 is 0 Å². The molecule has 2 rings (SSSR count). The Hall–Kier alpha value is -0.720. The SMILES string of the molecule is CNC(c1cc(F)ccc1Cl)c1ccc(F)cc1I. The molecule has 0 aliphatic carbocycles. The van der Waals surface area contributed by atoms with Crippen LogP contribution in [-0.2, 0) is 0 Å². The van der Waals surface area contributed by atoms with Gasteiger partial charge in [0.2, 0.25) is 0 Å². The van der Waals surface area contributed by atoms with Crippen LogP contribution in [0.1, 0.15) is 17.2 Å². The van der Waals surface area contributed by atoms with Crippen molar-refractivity contribution in [2.45, 2.75) is 6.04 Å². The van der Waals surface area contributed by atoms with E-state index in [1.165, 1.54) is 30.3 Å². The van der Waals surface area contributed by atoms with Crippen LogP contribution in [0.5, 0.6) is 0 Å². The number of benzene rings is 2. The van der Waals surface area contributed by atoms with Gasteiger partial charge in [-0.05, 0) is 71.1 Å². The molecular formula is C14H11ClF2IN. The summed E-state index contributed by atoms with van der Waals surface area (Å²) in [6, 6.07) is 8.45. The molecule has 2 aromatic rings. The van der Waals surface area contributed by atoms with Gasteiger partial charge in [0.25, 0.3) is 0 Å². The van der Waals surface area contributed by atoms with E-state index in [0.29, 0.717) is 10.6 Å². The maximum atomic E-state index is 13.4. The summed E-state index contributed by atoms with van der Waals surface area (Å²) < 4.78 is 27.3. The Morgan fingerprint density at radius 3 is 2.32 bits per heavy atom. The predicted molar refractivity (Wildman–Crippen MR) is 81.4 cm³/mol. The number of nitrogens with one attached hydrogen (secondary N) is 1. The molecule has 0 aliphatic heterocycles. The molecule has 0 saturated heterocycles. The number of hydrogen-bond donors (Lipinski definition) is 1. The maximum Gasteiger partial charge on any atom is 0.124 e. The molecule has 0 aromatic heterocycles. The number of halogens is 4. The summed E-state index contributed by atoms with van der Waals surface area (Å²) in [6.45, 7) is 0. The Morgan fingerprint density at radius 1 is 1.05 bits per heavy atom. The average molecular weight is 394 g/mol. The average Bonchev–Trinajstić information content (AvgIpc) is 2.36.